The molecule has 7 heteroatoms. The Balaban J connectivity index is 2.00. The fraction of sp³-hybridized carbons (Fsp3) is 0.312. The molecule has 2 rings (SSSR count). The monoisotopic (exact) mass is 316 g/mol. The summed E-state index contributed by atoms with van der Waals surface area (Å²) in [7, 11) is 4.70. The summed E-state index contributed by atoms with van der Waals surface area (Å²) < 4.78 is 6.56. The Kier molecular flexibility index (Phi) is 5.00. The first kappa shape index (κ1) is 16.5. The van der Waals surface area contributed by atoms with Crippen molar-refractivity contribution in [3.05, 3.63) is 41.6 Å². The molecule has 122 valence electrons. The van der Waals surface area contributed by atoms with Gasteiger partial charge in [0, 0.05) is 26.0 Å². The predicted molar refractivity (Wildman–Crippen MR) is 86.5 cm³/mol. The third-order valence-electron chi connectivity index (χ3n) is 3.28. The quantitative estimate of drug-likeness (QED) is 0.906. The van der Waals surface area contributed by atoms with Gasteiger partial charge in [-0.2, -0.15) is 0 Å². The number of anilines is 1. The Hall–Kier alpha value is -2.83. The van der Waals surface area contributed by atoms with Crippen LogP contribution in [0, 0.1) is 6.92 Å². The van der Waals surface area contributed by atoms with Gasteiger partial charge in [-0.1, -0.05) is 17.7 Å². The van der Waals surface area contributed by atoms with Gasteiger partial charge >= 0.3 is 0 Å². The number of benzene rings is 1. The molecule has 2 aromatic rings. The van der Waals surface area contributed by atoms with Crippen LogP contribution in [-0.2, 0) is 11.8 Å². The number of ether oxygens (including phenoxy) is 1. The molecular formula is C16H20N4O3. The summed E-state index contributed by atoms with van der Waals surface area (Å²) in [4.78, 5) is 25.8. The average Bonchev–Trinajstić information content (AvgIpc) is 2.89. The Morgan fingerprint density at radius 2 is 1.96 bits per heavy atom. The van der Waals surface area contributed by atoms with E-state index in [1.54, 1.807) is 20.3 Å². The first-order chi connectivity index (χ1) is 10.9. The maximum absolute atomic E-state index is 12.4. The van der Waals surface area contributed by atoms with Gasteiger partial charge in [-0.25, -0.2) is 0 Å². The number of amides is 2. The van der Waals surface area contributed by atoms with Gasteiger partial charge < -0.3 is 15.0 Å². The molecule has 0 bridgehead atoms. The third kappa shape index (κ3) is 4.09. The number of carbonyl (C=O) groups excluding carboxylic acids is 2. The summed E-state index contributed by atoms with van der Waals surface area (Å²) in [5.74, 6) is -0.357. The Morgan fingerprint density at radius 1 is 1.30 bits per heavy atom. The van der Waals surface area contributed by atoms with Crippen molar-refractivity contribution in [2.75, 3.05) is 26.0 Å². The van der Waals surface area contributed by atoms with E-state index in [0.717, 1.165) is 5.56 Å². The molecule has 1 aromatic carbocycles. The van der Waals surface area contributed by atoms with E-state index in [2.05, 4.69) is 10.4 Å². The van der Waals surface area contributed by atoms with Gasteiger partial charge in [-0.3, -0.25) is 14.3 Å². The second-order valence-corrected chi connectivity index (χ2v) is 5.30. The second kappa shape index (κ2) is 6.95. The van der Waals surface area contributed by atoms with Crippen LogP contribution in [0.1, 0.15) is 15.9 Å². The Morgan fingerprint density at radius 3 is 2.57 bits per heavy atom. The van der Waals surface area contributed by atoms with Gasteiger partial charge in [-0.05, 0) is 19.1 Å². The number of nitrogens with zero attached hydrogens (tertiary/aromatic N) is 3. The maximum atomic E-state index is 12.4. The van der Waals surface area contributed by atoms with Crippen molar-refractivity contribution in [3.8, 4) is 5.88 Å². The van der Waals surface area contributed by atoms with E-state index in [1.165, 1.54) is 16.7 Å². The highest BCUT2D eigenvalue weighted by molar-refractivity contribution is 6.00. The van der Waals surface area contributed by atoms with Crippen molar-refractivity contribution in [1.82, 2.24) is 14.7 Å². The topological polar surface area (TPSA) is 76.5 Å². The molecule has 1 heterocycles. The summed E-state index contributed by atoms with van der Waals surface area (Å²) in [5.41, 5.74) is 2.13. The average molecular weight is 316 g/mol. The number of hydrogen-bond acceptors (Lipinski definition) is 4. The zero-order valence-electron chi connectivity index (χ0n) is 13.7. The van der Waals surface area contributed by atoms with E-state index in [-0.39, 0.29) is 24.2 Å². The van der Waals surface area contributed by atoms with Crippen LogP contribution in [0.3, 0.4) is 0 Å². The molecule has 23 heavy (non-hydrogen) atoms. The molecule has 0 saturated carbocycles. The number of methoxy groups -OCH3 is 1. The third-order valence-corrected chi connectivity index (χ3v) is 3.28. The number of hydrogen-bond donors (Lipinski definition) is 1. The van der Waals surface area contributed by atoms with Crippen molar-refractivity contribution < 1.29 is 14.3 Å². The number of aromatic nitrogens is 2. The van der Waals surface area contributed by atoms with Crippen LogP contribution in [0.25, 0.3) is 0 Å². The molecule has 0 aliphatic heterocycles. The number of rotatable bonds is 5. The fourth-order valence-corrected chi connectivity index (χ4v) is 2.10. The van der Waals surface area contributed by atoms with Crippen LogP contribution < -0.4 is 10.1 Å². The van der Waals surface area contributed by atoms with Gasteiger partial charge in [0.25, 0.3) is 5.91 Å². The van der Waals surface area contributed by atoms with Gasteiger partial charge in [0.2, 0.25) is 11.8 Å². The molecule has 0 atom stereocenters. The van der Waals surface area contributed by atoms with E-state index >= 15 is 0 Å². The summed E-state index contributed by atoms with van der Waals surface area (Å²) in [6.07, 6.45) is 1.57. The lowest BCUT2D eigenvalue weighted by atomic mass is 10.2. The van der Waals surface area contributed by atoms with Crippen molar-refractivity contribution in [2.45, 2.75) is 6.92 Å². The maximum Gasteiger partial charge on any atom is 0.261 e. The Labute approximate surface area is 134 Å². The van der Waals surface area contributed by atoms with Gasteiger partial charge in [0.1, 0.15) is 5.56 Å². The van der Waals surface area contributed by atoms with Crippen molar-refractivity contribution >= 4 is 17.5 Å². The summed E-state index contributed by atoms with van der Waals surface area (Å²) in [5, 5.41) is 6.79. The van der Waals surface area contributed by atoms with Crippen molar-refractivity contribution in [3.63, 3.8) is 0 Å². The van der Waals surface area contributed by atoms with Crippen molar-refractivity contribution in [2.24, 2.45) is 7.05 Å². The molecule has 0 aliphatic carbocycles. The normalized spacial score (nSPS) is 10.3. The molecular weight excluding hydrogens is 296 g/mol. The van der Waals surface area contributed by atoms with Crippen LogP contribution in [0.2, 0.25) is 0 Å². The number of aryl methyl sites for hydroxylation is 2. The zero-order chi connectivity index (χ0) is 17.0. The number of likely N-dealkylation sites (N-methyl/N-ethyl adjacent to an activating group) is 1. The number of carbonyl (C=O) groups is 2. The standard InChI is InChI=1S/C16H20N4O3/c1-11-5-7-12(8-6-11)17-14(21)10-19(2)16(22)13-9-20(3)18-15(13)23-4/h5-9H,10H2,1-4H3,(H,17,21). The molecule has 0 spiro atoms. The summed E-state index contributed by atoms with van der Waals surface area (Å²) >= 11 is 0. The molecule has 0 radical (unpaired) electrons. The first-order valence-electron chi connectivity index (χ1n) is 7.10. The largest absolute Gasteiger partial charge is 0.479 e. The lowest BCUT2D eigenvalue weighted by molar-refractivity contribution is -0.116. The highest BCUT2D eigenvalue weighted by Crippen LogP contribution is 2.16. The van der Waals surface area contributed by atoms with Crippen LogP contribution in [-0.4, -0.2) is 47.2 Å². The van der Waals surface area contributed by atoms with Gasteiger partial charge in [0.05, 0.1) is 13.7 Å². The molecule has 0 unspecified atom stereocenters. The SMILES string of the molecule is COc1nn(C)cc1C(=O)N(C)CC(=O)Nc1ccc(C)cc1. The van der Waals surface area contributed by atoms with Crippen molar-refractivity contribution in [1.29, 1.82) is 0 Å². The molecule has 2 amide bonds. The molecule has 0 saturated heterocycles. The molecule has 1 aromatic heterocycles. The highest BCUT2D eigenvalue weighted by atomic mass is 16.5. The summed E-state index contributed by atoms with van der Waals surface area (Å²) in [6.45, 7) is 1.91. The minimum atomic E-state index is -0.325. The minimum Gasteiger partial charge on any atom is -0.479 e. The molecule has 7 nitrogen and oxygen atoms in total. The smallest absolute Gasteiger partial charge is 0.261 e. The fourth-order valence-electron chi connectivity index (χ4n) is 2.10. The first-order valence-corrected chi connectivity index (χ1v) is 7.10. The lowest BCUT2D eigenvalue weighted by Gasteiger charge is -2.16. The van der Waals surface area contributed by atoms with Gasteiger partial charge in [0.15, 0.2) is 0 Å². The molecule has 0 aliphatic rings. The lowest BCUT2D eigenvalue weighted by Crippen LogP contribution is -2.35. The van der Waals surface area contributed by atoms with Crippen LogP contribution >= 0.6 is 0 Å². The second-order valence-electron chi connectivity index (χ2n) is 5.30. The zero-order valence-corrected chi connectivity index (χ0v) is 13.7. The van der Waals surface area contributed by atoms with E-state index in [9.17, 15) is 9.59 Å². The van der Waals surface area contributed by atoms with Crippen LogP contribution in [0.4, 0.5) is 5.69 Å². The van der Waals surface area contributed by atoms with E-state index < -0.39 is 0 Å². The van der Waals surface area contributed by atoms with E-state index in [0.29, 0.717) is 11.3 Å². The predicted octanol–water partition coefficient (Wildman–Crippen LogP) is 1.45. The Bertz CT molecular complexity index is 707. The van der Waals surface area contributed by atoms with Crippen LogP contribution in [0.5, 0.6) is 5.88 Å². The van der Waals surface area contributed by atoms with Gasteiger partial charge in [-0.15, -0.1) is 5.10 Å². The molecule has 1 N–H and O–H groups in total. The summed E-state index contributed by atoms with van der Waals surface area (Å²) in [6, 6.07) is 7.45. The number of nitrogens with one attached hydrogen (secondary N) is 1. The minimum absolute atomic E-state index is 0.0647. The highest BCUT2D eigenvalue weighted by Gasteiger charge is 2.21. The van der Waals surface area contributed by atoms with E-state index in [4.69, 9.17) is 4.74 Å². The van der Waals surface area contributed by atoms with E-state index in [1.807, 2.05) is 31.2 Å². The molecule has 0 fully saturated rings. The van der Waals surface area contributed by atoms with Crippen LogP contribution in [0.15, 0.2) is 30.5 Å².